The second-order valence-corrected chi connectivity index (χ2v) is 17.6. The number of amides is 1. The first-order valence-electron chi connectivity index (χ1n) is 23.9. The zero-order valence-electron chi connectivity index (χ0n) is 38.7. The maximum absolute atomic E-state index is 14.3. The van der Waals surface area contributed by atoms with Crippen LogP contribution in [0.25, 0.3) is 32.7 Å². The van der Waals surface area contributed by atoms with E-state index in [4.69, 9.17) is 31.4 Å². The maximum Gasteiger partial charge on any atom is 0.310 e. The van der Waals surface area contributed by atoms with Gasteiger partial charge in [-0.05, 0) is 96.6 Å². The molecule has 1 fully saturated rings. The molecule has 0 radical (unpaired) electrons. The molecule has 0 unspecified atom stereocenters. The Bertz CT molecular complexity index is 2460. The summed E-state index contributed by atoms with van der Waals surface area (Å²) < 4.78 is 18.8. The summed E-state index contributed by atoms with van der Waals surface area (Å²) in [5.74, 6) is -1.50. The van der Waals surface area contributed by atoms with Gasteiger partial charge >= 0.3 is 5.97 Å². The first kappa shape index (κ1) is 49.9. The molecule has 6 rings (SSSR count). The summed E-state index contributed by atoms with van der Waals surface area (Å²) in [6, 6.07) is 32.6. The molecule has 1 aliphatic carbocycles. The number of esters is 1. The zero-order chi connectivity index (χ0) is 47.4. The molecule has 1 amide bonds. The van der Waals surface area contributed by atoms with E-state index < -0.39 is 29.8 Å². The largest absolute Gasteiger partial charge is 0.493 e. The average Bonchev–Trinajstić information content (AvgIpc) is 3.35. The fourth-order valence-electron chi connectivity index (χ4n) is 8.98. The number of aliphatic imine (C=N–C) groups is 1. The van der Waals surface area contributed by atoms with Gasteiger partial charge in [0, 0.05) is 36.4 Å². The number of carbonyl (C=O) groups is 4. The summed E-state index contributed by atoms with van der Waals surface area (Å²) in [7, 11) is 0. The lowest BCUT2D eigenvalue weighted by atomic mass is 9.90. The number of guanidine groups is 1. The molecule has 12 heteroatoms. The summed E-state index contributed by atoms with van der Waals surface area (Å²) in [5.41, 5.74) is 19.5. The fraction of sp³-hybridized carbons (Fsp3) is 0.400. The molecule has 3 atom stereocenters. The van der Waals surface area contributed by atoms with Crippen LogP contribution in [0.5, 0.6) is 11.5 Å². The van der Waals surface area contributed by atoms with E-state index >= 15 is 0 Å². The van der Waals surface area contributed by atoms with Crippen molar-refractivity contribution in [3.8, 4) is 22.6 Å². The molecule has 0 heterocycles. The molecule has 1 aliphatic rings. The third-order valence-corrected chi connectivity index (χ3v) is 12.6. The lowest BCUT2D eigenvalue weighted by molar-refractivity contribution is -0.151. The Labute approximate surface area is 394 Å². The highest BCUT2D eigenvalue weighted by Gasteiger charge is 2.31. The standard InChI is InChI=1S/C55H67N5O7/c1-2-16-43(54(64)67-36-39-19-7-4-8-20-39)34-48(62)47(26-15-32-59-55(57)58)60-53(63)42(23-13-14-31-56)33-44(61)37-66-50-30-28-41-22-10-12-25-46(41)52(50)51-45-24-11-9-21-40(45)27-29-49(51)65-35-38-17-5-3-6-18-38/h2,4,7-12,19-22,24-25,27-30,38,42-43,47H,1,3,5-6,13-18,23,26,31-37,56H2,(H,60,63)(H4,57,58,59)/t42-,43+,47+/m0/s1. The van der Waals surface area contributed by atoms with Crippen LogP contribution < -0.4 is 32.0 Å². The number of nitrogens with zero attached hydrogens (tertiary/aromatic N) is 1. The van der Waals surface area contributed by atoms with Crippen LogP contribution in [-0.2, 0) is 30.5 Å². The number of hydrogen-bond donors (Lipinski definition) is 4. The van der Waals surface area contributed by atoms with Gasteiger partial charge in [0.1, 0.15) is 24.7 Å². The molecule has 0 aliphatic heterocycles. The Morgan fingerprint density at radius 3 is 2.01 bits per heavy atom. The quantitative estimate of drug-likeness (QED) is 0.0130. The Hall–Kier alpha value is -6.53. The smallest absolute Gasteiger partial charge is 0.310 e. The SMILES string of the molecule is C=CC[C@H](CC(=O)[C@@H](CCCN=C(N)N)NC(=O)[C@@H](CCCCN)CC(=O)COc1ccc2ccccc2c1-c1c(OCC2CCCCC2)ccc2ccccc12)C(=O)OCc1ccccc1. The van der Waals surface area contributed by atoms with Crippen molar-refractivity contribution in [1.29, 1.82) is 0 Å². The molecular formula is C55H67N5O7. The van der Waals surface area contributed by atoms with Gasteiger partial charge in [0.2, 0.25) is 5.91 Å². The molecule has 5 aromatic rings. The van der Waals surface area contributed by atoms with E-state index in [2.05, 4.69) is 47.2 Å². The average molecular weight is 910 g/mol. The van der Waals surface area contributed by atoms with Crippen LogP contribution in [0.1, 0.15) is 89.0 Å². The monoisotopic (exact) mass is 910 g/mol. The predicted octanol–water partition coefficient (Wildman–Crippen LogP) is 9.14. The summed E-state index contributed by atoms with van der Waals surface area (Å²) in [6.07, 6.45) is 9.67. The number of nitrogens with two attached hydrogens (primary N) is 3. The van der Waals surface area contributed by atoms with Crippen molar-refractivity contribution in [1.82, 2.24) is 5.32 Å². The second kappa shape index (κ2) is 26.0. The number of Topliss-reactive ketones (excluding diaryl/α,β-unsaturated/α-hetero) is 2. The fourth-order valence-corrected chi connectivity index (χ4v) is 8.98. The molecule has 0 saturated heterocycles. The van der Waals surface area contributed by atoms with Gasteiger partial charge < -0.3 is 36.7 Å². The molecule has 0 aromatic heterocycles. The number of hydrogen-bond acceptors (Lipinski definition) is 9. The number of carbonyl (C=O) groups excluding carboxylic acids is 4. The first-order chi connectivity index (χ1) is 32.6. The second-order valence-electron chi connectivity index (χ2n) is 17.6. The van der Waals surface area contributed by atoms with E-state index in [1.165, 1.54) is 19.3 Å². The van der Waals surface area contributed by atoms with Crippen LogP contribution in [0.3, 0.4) is 0 Å². The van der Waals surface area contributed by atoms with Crippen molar-refractivity contribution in [3.63, 3.8) is 0 Å². The number of ether oxygens (including phenoxy) is 3. The van der Waals surface area contributed by atoms with Crippen molar-refractivity contribution in [3.05, 3.63) is 121 Å². The van der Waals surface area contributed by atoms with Crippen LogP contribution in [0.4, 0.5) is 0 Å². The third kappa shape index (κ3) is 14.7. The van der Waals surface area contributed by atoms with E-state index in [9.17, 15) is 19.2 Å². The number of ketones is 2. The molecule has 1 saturated carbocycles. The Morgan fingerprint density at radius 1 is 0.731 bits per heavy atom. The molecular weight excluding hydrogens is 843 g/mol. The van der Waals surface area contributed by atoms with Crippen molar-refractivity contribution >= 4 is 50.9 Å². The highest BCUT2D eigenvalue weighted by Crippen LogP contribution is 2.46. The Morgan fingerprint density at radius 2 is 1.37 bits per heavy atom. The van der Waals surface area contributed by atoms with Gasteiger partial charge in [0.25, 0.3) is 0 Å². The predicted molar refractivity (Wildman–Crippen MR) is 266 cm³/mol. The Kier molecular flexibility index (Phi) is 19.3. The van der Waals surface area contributed by atoms with E-state index in [-0.39, 0.29) is 63.0 Å². The van der Waals surface area contributed by atoms with Crippen LogP contribution in [-0.4, -0.2) is 61.7 Å². The van der Waals surface area contributed by atoms with E-state index in [0.717, 1.165) is 56.8 Å². The molecule has 67 heavy (non-hydrogen) atoms. The van der Waals surface area contributed by atoms with Gasteiger partial charge in [-0.3, -0.25) is 24.2 Å². The van der Waals surface area contributed by atoms with Gasteiger partial charge in [0.15, 0.2) is 17.5 Å². The summed E-state index contributed by atoms with van der Waals surface area (Å²) in [4.78, 5) is 59.7. The number of fused-ring (bicyclic) bond motifs is 2. The maximum atomic E-state index is 14.3. The Balaban J connectivity index is 1.21. The van der Waals surface area contributed by atoms with Crippen molar-refractivity contribution in [2.24, 2.45) is 39.9 Å². The van der Waals surface area contributed by atoms with Crippen molar-refractivity contribution in [2.45, 2.75) is 96.1 Å². The number of benzene rings is 5. The number of nitrogens with one attached hydrogen (secondary N) is 1. The molecule has 12 nitrogen and oxygen atoms in total. The van der Waals surface area contributed by atoms with E-state index in [1.54, 1.807) is 6.08 Å². The minimum absolute atomic E-state index is 0.0591. The third-order valence-electron chi connectivity index (χ3n) is 12.6. The van der Waals surface area contributed by atoms with Crippen molar-refractivity contribution < 1.29 is 33.4 Å². The molecule has 5 aromatic carbocycles. The summed E-state index contributed by atoms with van der Waals surface area (Å²) in [5, 5.41) is 6.98. The highest BCUT2D eigenvalue weighted by molar-refractivity contribution is 6.10. The van der Waals surface area contributed by atoms with Crippen LogP contribution in [0.2, 0.25) is 0 Å². The highest BCUT2D eigenvalue weighted by atomic mass is 16.5. The first-order valence-corrected chi connectivity index (χ1v) is 23.9. The van der Waals surface area contributed by atoms with Gasteiger partial charge in [-0.2, -0.15) is 0 Å². The number of unbranched alkanes of at least 4 members (excludes halogenated alkanes) is 1. The summed E-state index contributed by atoms with van der Waals surface area (Å²) >= 11 is 0. The van der Waals surface area contributed by atoms with E-state index in [1.807, 2.05) is 72.8 Å². The minimum atomic E-state index is -0.977. The van der Waals surface area contributed by atoms with Gasteiger partial charge in [-0.1, -0.05) is 123 Å². The zero-order valence-corrected chi connectivity index (χ0v) is 38.7. The van der Waals surface area contributed by atoms with E-state index in [0.29, 0.717) is 50.5 Å². The molecule has 354 valence electrons. The van der Waals surface area contributed by atoms with Gasteiger partial charge in [-0.25, -0.2) is 0 Å². The molecule has 7 N–H and O–H groups in total. The lowest BCUT2D eigenvalue weighted by Gasteiger charge is -2.24. The van der Waals surface area contributed by atoms with Gasteiger partial charge in [0.05, 0.1) is 18.6 Å². The number of allylic oxidation sites excluding steroid dienone is 1. The lowest BCUT2D eigenvalue weighted by Crippen LogP contribution is -2.45. The normalized spacial score (nSPS) is 14.1. The van der Waals surface area contributed by atoms with Crippen molar-refractivity contribution in [2.75, 3.05) is 26.3 Å². The van der Waals surface area contributed by atoms with Crippen LogP contribution >= 0.6 is 0 Å². The molecule has 0 spiro atoms. The number of rotatable bonds is 27. The summed E-state index contributed by atoms with van der Waals surface area (Å²) in [6.45, 7) is 4.84. The van der Waals surface area contributed by atoms with Crippen LogP contribution in [0, 0.1) is 17.8 Å². The van der Waals surface area contributed by atoms with Crippen LogP contribution in [0.15, 0.2) is 121 Å². The molecule has 0 bridgehead atoms. The minimum Gasteiger partial charge on any atom is -0.493 e. The topological polar surface area (TPSA) is 198 Å². The van der Waals surface area contributed by atoms with Gasteiger partial charge in [-0.15, -0.1) is 6.58 Å².